The van der Waals surface area contributed by atoms with E-state index in [0.717, 1.165) is 52.7 Å². The minimum Gasteiger partial charge on any atom is -0.494 e. The van der Waals surface area contributed by atoms with Gasteiger partial charge in [0.05, 0.1) is 30.0 Å². The van der Waals surface area contributed by atoms with Crippen LogP contribution in [0.1, 0.15) is 55.6 Å². The van der Waals surface area contributed by atoms with Crippen molar-refractivity contribution in [1.29, 1.82) is 0 Å². The molecule has 1 aliphatic rings. The van der Waals surface area contributed by atoms with Crippen LogP contribution in [0.3, 0.4) is 0 Å². The topological polar surface area (TPSA) is 69.1 Å². The van der Waals surface area contributed by atoms with Crippen molar-refractivity contribution in [2.75, 3.05) is 7.11 Å². The summed E-state index contributed by atoms with van der Waals surface area (Å²) in [6, 6.07) is 12.6. The molecule has 4 aromatic rings. The van der Waals surface area contributed by atoms with E-state index in [4.69, 9.17) is 14.5 Å². The summed E-state index contributed by atoms with van der Waals surface area (Å²) < 4.78 is 13.4. The number of fused-ring (bicyclic) bond motifs is 2. The van der Waals surface area contributed by atoms with Gasteiger partial charge in [-0.25, -0.2) is 9.78 Å². The molecule has 2 heterocycles. The van der Waals surface area contributed by atoms with Crippen molar-refractivity contribution < 1.29 is 14.3 Å². The lowest BCUT2D eigenvalue weighted by Crippen LogP contribution is -2.11. The number of nitrogens with one attached hydrogen (secondary N) is 1. The average Bonchev–Trinajstić information content (AvgIpc) is 3.38. The Kier molecular flexibility index (Phi) is 4.73. The van der Waals surface area contributed by atoms with Gasteiger partial charge in [-0.3, -0.25) is 0 Å². The number of rotatable bonds is 6. The Morgan fingerprint density at radius 3 is 2.71 bits per heavy atom. The molecule has 31 heavy (non-hydrogen) atoms. The predicted octanol–water partition coefficient (Wildman–Crippen LogP) is 5.66. The van der Waals surface area contributed by atoms with Crippen molar-refractivity contribution in [3.05, 3.63) is 47.5 Å². The molecule has 5 rings (SSSR count). The summed E-state index contributed by atoms with van der Waals surface area (Å²) in [5.74, 6) is 1.15. The summed E-state index contributed by atoms with van der Waals surface area (Å²) >= 11 is 0. The van der Waals surface area contributed by atoms with E-state index >= 15 is 0 Å². The molecule has 0 atom stereocenters. The largest absolute Gasteiger partial charge is 0.494 e. The van der Waals surface area contributed by atoms with Gasteiger partial charge in [0.2, 0.25) is 0 Å². The van der Waals surface area contributed by atoms with Gasteiger partial charge in [0, 0.05) is 16.9 Å². The first-order chi connectivity index (χ1) is 15.0. The fourth-order valence-electron chi connectivity index (χ4n) is 4.14. The SMILES string of the molecule is CCc1ccc2cc(-c3nc4cc(C(=O)OC(C)C)cc(OC)c4n3C3CC3)[nH]c2c1. The number of nitrogens with zero attached hydrogens (tertiary/aromatic N) is 2. The standard InChI is InChI=1S/C25H27N3O3/c1-5-15-6-7-16-11-21(26-19(16)10-15)24-27-20-12-17(25(29)31-14(2)3)13-22(30-4)23(20)28(24)18-8-9-18/h6-7,10-14,18,26H,5,8-9H2,1-4H3. The minimum atomic E-state index is -0.365. The Morgan fingerprint density at radius 2 is 2.03 bits per heavy atom. The van der Waals surface area contributed by atoms with Crippen LogP contribution in [-0.4, -0.2) is 33.7 Å². The van der Waals surface area contributed by atoms with Crippen LogP contribution in [0.15, 0.2) is 36.4 Å². The highest BCUT2D eigenvalue weighted by Gasteiger charge is 2.31. The summed E-state index contributed by atoms with van der Waals surface area (Å²) in [5.41, 5.74) is 5.50. The number of carbonyl (C=O) groups is 1. The molecule has 1 fully saturated rings. The fraction of sp³-hybridized carbons (Fsp3) is 0.360. The van der Waals surface area contributed by atoms with Crippen LogP contribution in [0, 0.1) is 0 Å². The maximum absolute atomic E-state index is 12.5. The summed E-state index contributed by atoms with van der Waals surface area (Å²) in [7, 11) is 1.63. The van der Waals surface area contributed by atoms with Crippen molar-refractivity contribution in [3.63, 3.8) is 0 Å². The molecule has 2 aromatic heterocycles. The summed E-state index contributed by atoms with van der Waals surface area (Å²) in [6.45, 7) is 5.84. The van der Waals surface area contributed by atoms with Crippen molar-refractivity contribution in [3.8, 4) is 17.3 Å². The number of hydrogen-bond acceptors (Lipinski definition) is 4. The van der Waals surface area contributed by atoms with E-state index in [1.807, 2.05) is 19.9 Å². The monoisotopic (exact) mass is 417 g/mol. The first-order valence-electron chi connectivity index (χ1n) is 10.9. The molecule has 0 amide bonds. The Balaban J connectivity index is 1.69. The maximum atomic E-state index is 12.5. The van der Waals surface area contributed by atoms with E-state index in [2.05, 4.69) is 40.7 Å². The van der Waals surface area contributed by atoms with Gasteiger partial charge in [-0.15, -0.1) is 0 Å². The molecule has 1 saturated carbocycles. The van der Waals surface area contributed by atoms with E-state index in [1.54, 1.807) is 13.2 Å². The number of ether oxygens (including phenoxy) is 2. The zero-order valence-corrected chi connectivity index (χ0v) is 18.4. The Hall–Kier alpha value is -3.28. The van der Waals surface area contributed by atoms with E-state index in [9.17, 15) is 4.79 Å². The number of methoxy groups -OCH3 is 1. The van der Waals surface area contributed by atoms with Gasteiger partial charge >= 0.3 is 5.97 Å². The number of carbonyl (C=O) groups excluding carboxylic acids is 1. The van der Waals surface area contributed by atoms with Gasteiger partial charge in [-0.1, -0.05) is 19.1 Å². The van der Waals surface area contributed by atoms with Gasteiger partial charge in [-0.2, -0.15) is 0 Å². The molecule has 6 nitrogen and oxygen atoms in total. The lowest BCUT2D eigenvalue weighted by molar-refractivity contribution is 0.0377. The number of esters is 1. The van der Waals surface area contributed by atoms with Gasteiger partial charge in [0.25, 0.3) is 0 Å². The normalized spacial score (nSPS) is 14.0. The molecule has 0 saturated heterocycles. The lowest BCUT2D eigenvalue weighted by atomic mass is 10.1. The Labute approximate surface area is 181 Å². The molecule has 0 radical (unpaired) electrons. The van der Waals surface area contributed by atoms with Crippen LogP contribution in [0.25, 0.3) is 33.5 Å². The number of aryl methyl sites for hydroxylation is 1. The van der Waals surface area contributed by atoms with Crippen LogP contribution < -0.4 is 4.74 Å². The number of imidazole rings is 1. The number of benzene rings is 2. The molecule has 0 bridgehead atoms. The number of hydrogen-bond donors (Lipinski definition) is 1. The second-order valence-electron chi connectivity index (χ2n) is 8.50. The summed E-state index contributed by atoms with van der Waals surface area (Å²) in [4.78, 5) is 21.0. The van der Waals surface area contributed by atoms with Crippen LogP contribution in [0.5, 0.6) is 5.75 Å². The third kappa shape index (κ3) is 3.46. The van der Waals surface area contributed by atoms with E-state index in [0.29, 0.717) is 17.4 Å². The highest BCUT2D eigenvalue weighted by molar-refractivity contribution is 5.97. The van der Waals surface area contributed by atoms with E-state index in [1.165, 1.54) is 5.56 Å². The van der Waals surface area contributed by atoms with Crippen molar-refractivity contribution >= 4 is 27.9 Å². The summed E-state index contributed by atoms with van der Waals surface area (Å²) in [5, 5.41) is 1.16. The molecule has 6 heteroatoms. The lowest BCUT2D eigenvalue weighted by Gasteiger charge is -2.12. The molecule has 1 aliphatic carbocycles. The Bertz CT molecular complexity index is 1290. The molecular formula is C25H27N3O3. The van der Waals surface area contributed by atoms with Gasteiger partial charge < -0.3 is 19.0 Å². The van der Waals surface area contributed by atoms with Crippen LogP contribution in [-0.2, 0) is 11.2 Å². The van der Waals surface area contributed by atoms with Crippen LogP contribution in [0.2, 0.25) is 0 Å². The Morgan fingerprint density at radius 1 is 1.23 bits per heavy atom. The average molecular weight is 418 g/mol. The minimum absolute atomic E-state index is 0.187. The molecule has 0 spiro atoms. The number of H-pyrrole nitrogens is 1. The van der Waals surface area contributed by atoms with Crippen molar-refractivity contribution in [2.24, 2.45) is 0 Å². The molecule has 1 N–H and O–H groups in total. The number of aromatic nitrogens is 3. The number of aromatic amines is 1. The highest BCUT2D eigenvalue weighted by atomic mass is 16.5. The van der Waals surface area contributed by atoms with Crippen LogP contribution in [0.4, 0.5) is 0 Å². The molecule has 2 aromatic carbocycles. The van der Waals surface area contributed by atoms with Gasteiger partial charge in [0.1, 0.15) is 11.3 Å². The summed E-state index contributed by atoms with van der Waals surface area (Å²) in [6.07, 6.45) is 3.03. The zero-order valence-electron chi connectivity index (χ0n) is 18.4. The maximum Gasteiger partial charge on any atom is 0.338 e. The third-order valence-electron chi connectivity index (χ3n) is 5.80. The molecule has 0 unspecified atom stereocenters. The molecular weight excluding hydrogens is 390 g/mol. The zero-order chi connectivity index (χ0) is 21.7. The predicted molar refractivity (Wildman–Crippen MR) is 122 cm³/mol. The fourth-order valence-corrected chi connectivity index (χ4v) is 4.14. The van der Waals surface area contributed by atoms with E-state index in [-0.39, 0.29) is 12.1 Å². The van der Waals surface area contributed by atoms with Crippen molar-refractivity contribution in [2.45, 2.75) is 52.2 Å². The quantitative estimate of drug-likeness (QED) is 0.411. The second-order valence-corrected chi connectivity index (χ2v) is 8.50. The van der Waals surface area contributed by atoms with E-state index < -0.39 is 0 Å². The molecule has 160 valence electrons. The highest BCUT2D eigenvalue weighted by Crippen LogP contribution is 2.44. The third-order valence-corrected chi connectivity index (χ3v) is 5.80. The first kappa shape index (κ1) is 19.7. The first-order valence-corrected chi connectivity index (χ1v) is 10.9. The van der Waals surface area contributed by atoms with Crippen molar-refractivity contribution in [1.82, 2.24) is 14.5 Å². The van der Waals surface area contributed by atoms with Gasteiger partial charge in [-0.05, 0) is 62.9 Å². The molecule has 0 aliphatic heterocycles. The second kappa shape index (κ2) is 7.45. The van der Waals surface area contributed by atoms with Gasteiger partial charge in [0.15, 0.2) is 5.82 Å². The van der Waals surface area contributed by atoms with Crippen LogP contribution >= 0.6 is 0 Å². The smallest absolute Gasteiger partial charge is 0.338 e.